The summed E-state index contributed by atoms with van der Waals surface area (Å²) in [4.78, 5) is 0. The van der Waals surface area contributed by atoms with Gasteiger partial charge in [0.05, 0.1) is 0 Å². The molecule has 1 atom stereocenters. The fraction of sp³-hybridized carbons (Fsp3) is 0.721. The maximum absolute atomic E-state index is 2.55. The van der Waals surface area contributed by atoms with Crippen molar-refractivity contribution in [1.29, 1.82) is 0 Å². The van der Waals surface area contributed by atoms with Gasteiger partial charge >= 0.3 is 0 Å². The standard InChI is InChI=1S/C43H72/c1-27(25-28-26-29(37(2,3)4)23-24-30(28)38(5,6)7)31-32(39(8,9)10)34(41(14,15)16)36(43(20,21)22)35(42(17,18)19)33(31)40(11,12)13/h23-24,26-27H,25H2,1-22H3. The predicted octanol–water partition coefficient (Wildman–Crippen LogP) is 13.1. The molecule has 0 heterocycles. The first-order valence-corrected chi connectivity index (χ1v) is 17.1. The van der Waals surface area contributed by atoms with Gasteiger partial charge in [-0.1, -0.05) is 171 Å². The molecule has 43 heavy (non-hydrogen) atoms. The second-order valence-corrected chi connectivity index (χ2v) is 21.0. The first kappa shape index (κ1) is 37.6. The zero-order valence-corrected chi connectivity index (χ0v) is 33.0. The lowest BCUT2D eigenvalue weighted by atomic mass is 9.57. The van der Waals surface area contributed by atoms with E-state index in [4.69, 9.17) is 0 Å². The smallest absolute Gasteiger partial charge is 0.0126 e. The van der Waals surface area contributed by atoms with E-state index in [1.807, 2.05) is 0 Å². The third kappa shape index (κ3) is 8.19. The van der Waals surface area contributed by atoms with Crippen molar-refractivity contribution < 1.29 is 0 Å². The summed E-state index contributed by atoms with van der Waals surface area (Å²) >= 11 is 0. The highest BCUT2D eigenvalue weighted by Crippen LogP contribution is 2.53. The molecule has 0 bridgehead atoms. The van der Waals surface area contributed by atoms with E-state index in [1.54, 1.807) is 33.4 Å². The molecule has 0 aromatic heterocycles. The van der Waals surface area contributed by atoms with Gasteiger partial charge in [0.25, 0.3) is 0 Å². The van der Waals surface area contributed by atoms with Crippen molar-refractivity contribution in [3.63, 3.8) is 0 Å². The molecule has 0 heteroatoms. The third-order valence-electron chi connectivity index (χ3n) is 9.09. The Labute approximate surface area is 270 Å². The fourth-order valence-corrected chi connectivity index (χ4v) is 7.46. The predicted molar refractivity (Wildman–Crippen MR) is 196 cm³/mol. The molecule has 0 saturated heterocycles. The Hall–Kier alpha value is -1.56. The molecule has 0 aliphatic carbocycles. The zero-order valence-electron chi connectivity index (χ0n) is 33.0. The largest absolute Gasteiger partial charge is 0.0582 e. The van der Waals surface area contributed by atoms with Crippen LogP contribution in [0.3, 0.4) is 0 Å². The summed E-state index contributed by atoms with van der Waals surface area (Å²) in [5.41, 5.74) is 14.3. The Morgan fingerprint density at radius 1 is 0.419 bits per heavy atom. The number of hydrogen-bond acceptors (Lipinski definition) is 0. The van der Waals surface area contributed by atoms with Gasteiger partial charge in [-0.2, -0.15) is 0 Å². The van der Waals surface area contributed by atoms with Crippen LogP contribution in [0.15, 0.2) is 18.2 Å². The van der Waals surface area contributed by atoms with E-state index in [0.29, 0.717) is 5.92 Å². The normalized spacial score (nSPS) is 15.2. The highest BCUT2D eigenvalue weighted by molar-refractivity contribution is 5.63. The Morgan fingerprint density at radius 2 is 0.744 bits per heavy atom. The lowest BCUT2D eigenvalue weighted by Crippen LogP contribution is -2.38. The van der Waals surface area contributed by atoms with Crippen LogP contribution < -0.4 is 0 Å². The molecule has 2 aromatic carbocycles. The van der Waals surface area contributed by atoms with Gasteiger partial charge in [0.1, 0.15) is 0 Å². The van der Waals surface area contributed by atoms with Crippen molar-refractivity contribution in [2.75, 3.05) is 0 Å². The van der Waals surface area contributed by atoms with Crippen molar-refractivity contribution in [1.82, 2.24) is 0 Å². The molecule has 2 aromatic rings. The Bertz CT molecular complexity index is 1240. The van der Waals surface area contributed by atoms with Gasteiger partial charge in [-0.3, -0.25) is 0 Å². The first-order chi connectivity index (χ1) is 18.7. The van der Waals surface area contributed by atoms with Gasteiger partial charge in [0.2, 0.25) is 0 Å². The van der Waals surface area contributed by atoms with E-state index in [2.05, 4.69) is 171 Å². The molecular weight excluding hydrogens is 516 g/mol. The summed E-state index contributed by atoms with van der Waals surface area (Å²) in [5, 5.41) is 0. The van der Waals surface area contributed by atoms with E-state index < -0.39 is 0 Å². The topological polar surface area (TPSA) is 0 Å². The fourth-order valence-electron chi connectivity index (χ4n) is 7.46. The average molecular weight is 589 g/mol. The van der Waals surface area contributed by atoms with Crippen LogP contribution in [0.5, 0.6) is 0 Å². The SMILES string of the molecule is CC(Cc1cc(C(C)(C)C)ccc1C(C)(C)C)c1c(C(C)(C)C)c(C(C)(C)C)c(C(C)(C)C)c(C(C)(C)C)c1C(C)(C)C. The summed E-state index contributed by atoms with van der Waals surface area (Å²) in [6, 6.07) is 7.36. The van der Waals surface area contributed by atoms with Crippen LogP contribution >= 0.6 is 0 Å². The van der Waals surface area contributed by atoms with Crippen molar-refractivity contribution in [3.8, 4) is 0 Å². The van der Waals surface area contributed by atoms with Crippen LogP contribution in [-0.4, -0.2) is 0 Å². The zero-order chi connectivity index (χ0) is 34.1. The molecule has 1 unspecified atom stereocenters. The van der Waals surface area contributed by atoms with Crippen LogP contribution in [-0.2, 0) is 44.3 Å². The second-order valence-electron chi connectivity index (χ2n) is 21.0. The molecule has 0 radical (unpaired) electrons. The Morgan fingerprint density at radius 3 is 1.02 bits per heavy atom. The van der Waals surface area contributed by atoms with Crippen LogP contribution in [0, 0.1) is 0 Å². The summed E-state index contributed by atoms with van der Waals surface area (Å²) in [7, 11) is 0. The maximum atomic E-state index is 2.55. The highest BCUT2D eigenvalue weighted by Gasteiger charge is 2.43. The minimum Gasteiger partial charge on any atom is -0.0582 e. The molecule has 0 saturated carbocycles. The molecule has 0 fully saturated rings. The summed E-state index contributed by atoms with van der Waals surface area (Å²) in [6.45, 7) is 53.5. The number of benzene rings is 2. The van der Waals surface area contributed by atoms with E-state index in [-0.39, 0.29) is 37.9 Å². The molecule has 0 amide bonds. The minimum atomic E-state index is 0.00271. The van der Waals surface area contributed by atoms with Gasteiger partial charge in [-0.25, -0.2) is 0 Å². The van der Waals surface area contributed by atoms with Crippen molar-refractivity contribution in [2.45, 2.75) is 203 Å². The molecule has 244 valence electrons. The molecule has 0 aliphatic rings. The molecular formula is C43H72. The lowest BCUT2D eigenvalue weighted by molar-refractivity contribution is 0.449. The van der Waals surface area contributed by atoms with E-state index >= 15 is 0 Å². The monoisotopic (exact) mass is 589 g/mol. The molecule has 0 spiro atoms. The van der Waals surface area contributed by atoms with Crippen LogP contribution in [0.2, 0.25) is 0 Å². The molecule has 0 N–H and O–H groups in total. The van der Waals surface area contributed by atoms with Crippen LogP contribution in [0.1, 0.15) is 208 Å². The minimum absolute atomic E-state index is 0.00271. The van der Waals surface area contributed by atoms with Crippen molar-refractivity contribution in [3.05, 3.63) is 68.3 Å². The summed E-state index contributed by atoms with van der Waals surface area (Å²) in [6.07, 6.45) is 1.05. The molecule has 0 nitrogen and oxygen atoms in total. The van der Waals surface area contributed by atoms with Crippen LogP contribution in [0.25, 0.3) is 0 Å². The summed E-state index contributed by atoms with van der Waals surface area (Å²) < 4.78 is 0. The molecule has 0 aliphatic heterocycles. The van der Waals surface area contributed by atoms with E-state index in [0.717, 1.165) is 6.42 Å². The number of rotatable bonds is 3. The second kappa shape index (κ2) is 11.4. The first-order valence-electron chi connectivity index (χ1n) is 17.1. The highest BCUT2D eigenvalue weighted by atomic mass is 14.5. The Balaban J connectivity index is 3.32. The summed E-state index contributed by atoms with van der Waals surface area (Å²) in [5.74, 6) is 0.371. The molecule has 2 rings (SSSR count). The van der Waals surface area contributed by atoms with E-state index in [9.17, 15) is 0 Å². The average Bonchev–Trinajstić information content (AvgIpc) is 2.72. The van der Waals surface area contributed by atoms with Gasteiger partial charge < -0.3 is 0 Å². The van der Waals surface area contributed by atoms with Gasteiger partial charge in [0, 0.05) is 0 Å². The Kier molecular flexibility index (Phi) is 9.93. The lowest BCUT2D eigenvalue weighted by Gasteiger charge is -2.47. The van der Waals surface area contributed by atoms with Crippen LogP contribution in [0.4, 0.5) is 0 Å². The number of hydrogen-bond donors (Lipinski definition) is 0. The van der Waals surface area contributed by atoms with Gasteiger partial charge in [-0.05, 0) is 100 Å². The van der Waals surface area contributed by atoms with Gasteiger partial charge in [0.15, 0.2) is 0 Å². The van der Waals surface area contributed by atoms with Gasteiger partial charge in [-0.15, -0.1) is 0 Å². The van der Waals surface area contributed by atoms with E-state index in [1.165, 1.54) is 16.7 Å². The van der Waals surface area contributed by atoms with Crippen molar-refractivity contribution in [2.24, 2.45) is 0 Å². The maximum Gasteiger partial charge on any atom is -0.0126 e. The van der Waals surface area contributed by atoms with Crippen molar-refractivity contribution >= 4 is 0 Å². The quantitative estimate of drug-likeness (QED) is 0.334. The third-order valence-corrected chi connectivity index (χ3v) is 9.09.